The Bertz CT molecular complexity index is 384. The number of hydrogen-bond donors (Lipinski definition) is 1. The van der Waals surface area contributed by atoms with Crippen molar-refractivity contribution in [3.63, 3.8) is 0 Å². The molecule has 6 nitrogen and oxygen atoms in total. The number of carbonyl (C=O) groups is 2. The van der Waals surface area contributed by atoms with Crippen LogP contribution in [0.5, 0.6) is 0 Å². The third-order valence-corrected chi connectivity index (χ3v) is 4.25. The predicted molar refractivity (Wildman–Crippen MR) is 89.5 cm³/mol. The normalized spacial score (nSPS) is 24.6. The maximum atomic E-state index is 11.4. The number of esters is 2. The van der Waals surface area contributed by atoms with Gasteiger partial charge in [0.05, 0.1) is 24.9 Å². The van der Waals surface area contributed by atoms with Crippen molar-refractivity contribution in [3.8, 4) is 0 Å². The molecule has 4 atom stereocenters. The zero-order chi connectivity index (χ0) is 17.9. The fraction of sp³-hybridized carbons (Fsp3) is 0.889. The molecule has 1 aliphatic heterocycles. The Labute approximate surface area is 144 Å². The van der Waals surface area contributed by atoms with E-state index in [9.17, 15) is 14.7 Å². The van der Waals surface area contributed by atoms with Gasteiger partial charge in [-0.05, 0) is 26.2 Å². The van der Waals surface area contributed by atoms with E-state index in [0.29, 0.717) is 38.7 Å². The SMILES string of the molecule is CCCCCC(O)[C@H]1C[C@@H](OC(C)=O)[C@H](CCCC(=O)OCC)O1. The Morgan fingerprint density at radius 2 is 2.00 bits per heavy atom. The lowest BCUT2D eigenvalue weighted by atomic mass is 10.0. The fourth-order valence-electron chi connectivity index (χ4n) is 3.06. The van der Waals surface area contributed by atoms with Gasteiger partial charge < -0.3 is 19.3 Å². The van der Waals surface area contributed by atoms with Crippen molar-refractivity contribution < 1.29 is 28.9 Å². The van der Waals surface area contributed by atoms with Gasteiger partial charge in [0.2, 0.25) is 0 Å². The molecule has 0 bridgehead atoms. The Morgan fingerprint density at radius 3 is 2.62 bits per heavy atom. The molecule has 140 valence electrons. The largest absolute Gasteiger partial charge is 0.466 e. The molecule has 0 aromatic heterocycles. The van der Waals surface area contributed by atoms with E-state index < -0.39 is 6.10 Å². The van der Waals surface area contributed by atoms with Crippen LogP contribution in [0.3, 0.4) is 0 Å². The summed E-state index contributed by atoms with van der Waals surface area (Å²) in [7, 11) is 0. The standard InChI is InChI=1S/C18H32O6/c1-4-6-7-9-14(20)16-12-17(23-13(3)19)15(24-16)10-8-11-18(21)22-5-2/h14-17,20H,4-12H2,1-3H3/t14?,15-,16+,17+/m0/s1. The van der Waals surface area contributed by atoms with Crippen LogP contribution >= 0.6 is 0 Å². The molecule has 0 spiro atoms. The van der Waals surface area contributed by atoms with E-state index in [1.807, 2.05) is 0 Å². The highest BCUT2D eigenvalue weighted by molar-refractivity contribution is 5.69. The molecule has 0 radical (unpaired) electrons. The van der Waals surface area contributed by atoms with Gasteiger partial charge in [-0.3, -0.25) is 9.59 Å². The first-order valence-corrected chi connectivity index (χ1v) is 9.14. The van der Waals surface area contributed by atoms with Crippen molar-refractivity contribution in [2.75, 3.05) is 6.61 Å². The maximum Gasteiger partial charge on any atom is 0.305 e. The third kappa shape index (κ3) is 7.62. The highest BCUT2D eigenvalue weighted by Gasteiger charge is 2.40. The van der Waals surface area contributed by atoms with Gasteiger partial charge in [0.1, 0.15) is 6.10 Å². The minimum absolute atomic E-state index is 0.226. The van der Waals surface area contributed by atoms with Gasteiger partial charge in [-0.1, -0.05) is 26.2 Å². The molecule has 1 saturated heterocycles. The summed E-state index contributed by atoms with van der Waals surface area (Å²) in [6, 6.07) is 0. The number of carbonyl (C=O) groups excluding carboxylic acids is 2. The molecule has 0 amide bonds. The number of aliphatic hydroxyl groups excluding tert-OH is 1. The minimum Gasteiger partial charge on any atom is -0.466 e. The van der Waals surface area contributed by atoms with E-state index in [4.69, 9.17) is 14.2 Å². The summed E-state index contributed by atoms with van der Waals surface area (Å²) in [5.74, 6) is -0.573. The first-order chi connectivity index (χ1) is 11.5. The quantitative estimate of drug-likeness (QED) is 0.458. The van der Waals surface area contributed by atoms with Gasteiger partial charge in [0.15, 0.2) is 0 Å². The molecule has 1 unspecified atom stereocenters. The van der Waals surface area contributed by atoms with Crippen LogP contribution in [-0.2, 0) is 23.8 Å². The minimum atomic E-state index is -0.537. The molecule has 1 N–H and O–H groups in total. The Balaban J connectivity index is 2.47. The van der Waals surface area contributed by atoms with E-state index in [-0.39, 0.29) is 30.3 Å². The molecule has 1 aliphatic rings. The van der Waals surface area contributed by atoms with Crippen molar-refractivity contribution >= 4 is 11.9 Å². The predicted octanol–water partition coefficient (Wildman–Crippen LogP) is 2.75. The monoisotopic (exact) mass is 344 g/mol. The lowest BCUT2D eigenvalue weighted by Gasteiger charge is -2.19. The highest BCUT2D eigenvalue weighted by Crippen LogP contribution is 2.30. The van der Waals surface area contributed by atoms with Gasteiger partial charge >= 0.3 is 11.9 Å². The van der Waals surface area contributed by atoms with E-state index in [0.717, 1.165) is 19.3 Å². The van der Waals surface area contributed by atoms with E-state index in [1.165, 1.54) is 6.92 Å². The topological polar surface area (TPSA) is 82.1 Å². The molecular weight excluding hydrogens is 312 g/mol. The van der Waals surface area contributed by atoms with Gasteiger partial charge in [0.25, 0.3) is 0 Å². The van der Waals surface area contributed by atoms with Crippen molar-refractivity contribution in [1.82, 2.24) is 0 Å². The summed E-state index contributed by atoms with van der Waals surface area (Å²) in [6.07, 6.45) is 4.43. The van der Waals surface area contributed by atoms with Crippen LogP contribution in [0.4, 0.5) is 0 Å². The lowest BCUT2D eigenvalue weighted by Crippen LogP contribution is -2.26. The number of rotatable bonds is 11. The van der Waals surface area contributed by atoms with Gasteiger partial charge in [-0.2, -0.15) is 0 Å². The van der Waals surface area contributed by atoms with E-state index >= 15 is 0 Å². The second kappa shape index (κ2) is 11.4. The Morgan fingerprint density at radius 1 is 1.25 bits per heavy atom. The summed E-state index contributed by atoms with van der Waals surface area (Å²) in [4.78, 5) is 22.7. The molecule has 1 rings (SSSR count). The van der Waals surface area contributed by atoms with Crippen molar-refractivity contribution in [1.29, 1.82) is 0 Å². The van der Waals surface area contributed by atoms with Crippen LogP contribution < -0.4 is 0 Å². The van der Waals surface area contributed by atoms with E-state index in [1.54, 1.807) is 6.92 Å². The Kier molecular flexibility index (Phi) is 9.95. The zero-order valence-electron chi connectivity index (χ0n) is 15.2. The molecular formula is C18H32O6. The number of unbranched alkanes of at least 4 members (excludes halogenated alkanes) is 2. The highest BCUT2D eigenvalue weighted by atomic mass is 16.6. The number of ether oxygens (including phenoxy) is 3. The summed E-state index contributed by atoms with van der Waals surface area (Å²) < 4.78 is 16.2. The average Bonchev–Trinajstić information content (AvgIpc) is 2.90. The molecule has 0 aliphatic carbocycles. The average molecular weight is 344 g/mol. The van der Waals surface area contributed by atoms with E-state index in [2.05, 4.69) is 6.92 Å². The lowest BCUT2D eigenvalue weighted by molar-refractivity contribution is -0.150. The smallest absolute Gasteiger partial charge is 0.305 e. The maximum absolute atomic E-state index is 11.4. The molecule has 0 aromatic carbocycles. The summed E-state index contributed by atoms with van der Waals surface area (Å²) in [6.45, 7) is 5.65. The van der Waals surface area contributed by atoms with Crippen molar-refractivity contribution in [2.45, 2.75) is 96.6 Å². The second-order valence-corrected chi connectivity index (χ2v) is 6.36. The van der Waals surface area contributed by atoms with Gasteiger partial charge in [0, 0.05) is 19.8 Å². The summed E-state index contributed by atoms with van der Waals surface area (Å²) >= 11 is 0. The molecule has 24 heavy (non-hydrogen) atoms. The molecule has 0 aromatic rings. The summed E-state index contributed by atoms with van der Waals surface area (Å²) in [5, 5.41) is 10.3. The molecule has 6 heteroatoms. The summed E-state index contributed by atoms with van der Waals surface area (Å²) in [5.41, 5.74) is 0. The first-order valence-electron chi connectivity index (χ1n) is 9.14. The number of hydrogen-bond acceptors (Lipinski definition) is 6. The van der Waals surface area contributed by atoms with Crippen LogP contribution in [0.2, 0.25) is 0 Å². The van der Waals surface area contributed by atoms with Crippen molar-refractivity contribution in [2.24, 2.45) is 0 Å². The zero-order valence-corrected chi connectivity index (χ0v) is 15.2. The van der Waals surface area contributed by atoms with Gasteiger partial charge in [-0.15, -0.1) is 0 Å². The third-order valence-electron chi connectivity index (χ3n) is 4.25. The van der Waals surface area contributed by atoms with Crippen LogP contribution in [0, 0.1) is 0 Å². The molecule has 0 saturated carbocycles. The van der Waals surface area contributed by atoms with Crippen LogP contribution in [0.1, 0.15) is 72.1 Å². The van der Waals surface area contributed by atoms with Crippen LogP contribution in [0.15, 0.2) is 0 Å². The van der Waals surface area contributed by atoms with Crippen molar-refractivity contribution in [3.05, 3.63) is 0 Å². The molecule has 1 heterocycles. The van der Waals surface area contributed by atoms with Gasteiger partial charge in [-0.25, -0.2) is 0 Å². The fourth-order valence-corrected chi connectivity index (χ4v) is 3.06. The number of aliphatic hydroxyl groups is 1. The Hall–Kier alpha value is -1.14. The first kappa shape index (κ1) is 20.9. The molecule has 1 fully saturated rings. The van der Waals surface area contributed by atoms with Crippen LogP contribution in [0.25, 0.3) is 0 Å². The second-order valence-electron chi connectivity index (χ2n) is 6.36. The van der Waals surface area contributed by atoms with Crippen LogP contribution in [-0.4, -0.2) is 48.1 Å².